The zero-order chi connectivity index (χ0) is 26.4. The molecule has 4 N–H and O–H groups in total. The summed E-state index contributed by atoms with van der Waals surface area (Å²) in [6.07, 6.45) is 17.4. The molecule has 1 aromatic rings. The van der Waals surface area contributed by atoms with Gasteiger partial charge in [0.15, 0.2) is 0 Å². The predicted molar refractivity (Wildman–Crippen MR) is 150 cm³/mol. The Labute approximate surface area is 223 Å². The summed E-state index contributed by atoms with van der Waals surface area (Å²) in [5, 5.41) is 31.5. The second-order valence-electron chi connectivity index (χ2n) is 12.8. The lowest BCUT2D eigenvalue weighted by Gasteiger charge is -2.44. The second-order valence-corrected chi connectivity index (χ2v) is 12.8. The smallest absolute Gasteiger partial charge is 0.0831 e. The van der Waals surface area contributed by atoms with Crippen molar-refractivity contribution in [3.63, 3.8) is 0 Å². The Kier molecular flexibility index (Phi) is 7.48. The molecule has 1 heterocycles. The Hall–Kier alpha value is -1.88. The lowest BCUT2D eigenvalue weighted by molar-refractivity contribution is 0.0862. The highest BCUT2D eigenvalue weighted by Crippen LogP contribution is 2.60. The summed E-state index contributed by atoms with van der Waals surface area (Å²) >= 11 is 0. The van der Waals surface area contributed by atoms with E-state index in [0.29, 0.717) is 30.6 Å². The minimum Gasteiger partial charge on any atom is -0.393 e. The maximum atomic E-state index is 11.2. The highest BCUT2D eigenvalue weighted by Gasteiger charge is 2.52. The van der Waals surface area contributed by atoms with Crippen molar-refractivity contribution in [2.75, 3.05) is 0 Å². The molecule has 7 atom stereocenters. The van der Waals surface area contributed by atoms with Crippen molar-refractivity contribution >= 4 is 0 Å². The van der Waals surface area contributed by atoms with Crippen LogP contribution in [-0.4, -0.2) is 38.6 Å². The van der Waals surface area contributed by atoms with Crippen LogP contribution in [0.2, 0.25) is 0 Å². The number of hydrogen-bond acceptors (Lipinski definition) is 3. The van der Waals surface area contributed by atoms with Crippen LogP contribution in [0.25, 0.3) is 0 Å². The summed E-state index contributed by atoms with van der Waals surface area (Å²) in [6.45, 7) is 11.1. The summed E-state index contributed by atoms with van der Waals surface area (Å²) in [5.74, 6) is 1.62. The van der Waals surface area contributed by atoms with Crippen molar-refractivity contribution in [2.24, 2.45) is 23.2 Å². The van der Waals surface area contributed by atoms with Gasteiger partial charge in [-0.1, -0.05) is 57.2 Å². The lowest BCUT2D eigenvalue weighted by Crippen LogP contribution is -2.35. The van der Waals surface area contributed by atoms with Crippen LogP contribution in [0, 0.1) is 23.2 Å². The van der Waals surface area contributed by atoms with Gasteiger partial charge < -0.3 is 20.3 Å². The summed E-state index contributed by atoms with van der Waals surface area (Å²) < 4.78 is 0. The first-order valence-electron chi connectivity index (χ1n) is 14.7. The number of aliphatic hydroxyl groups is 3. The van der Waals surface area contributed by atoms with E-state index in [1.54, 1.807) is 0 Å². The minimum absolute atomic E-state index is 0.121. The summed E-state index contributed by atoms with van der Waals surface area (Å²) in [7, 11) is 0. The van der Waals surface area contributed by atoms with Crippen LogP contribution in [0.15, 0.2) is 59.7 Å². The number of nitrogens with one attached hydrogen (secondary N) is 1. The first kappa shape index (κ1) is 26.7. The number of aromatic nitrogens is 1. The van der Waals surface area contributed by atoms with E-state index in [0.717, 1.165) is 36.8 Å². The Balaban J connectivity index is 1.28. The molecule has 202 valence electrons. The van der Waals surface area contributed by atoms with Crippen molar-refractivity contribution in [1.82, 2.24) is 4.98 Å². The molecule has 37 heavy (non-hydrogen) atoms. The van der Waals surface area contributed by atoms with Crippen molar-refractivity contribution < 1.29 is 15.3 Å². The van der Waals surface area contributed by atoms with Gasteiger partial charge in [-0.05, 0) is 104 Å². The number of H-pyrrole nitrogens is 1. The minimum atomic E-state index is -0.635. The fourth-order valence-corrected chi connectivity index (χ4v) is 8.00. The Morgan fingerprint density at radius 3 is 2.62 bits per heavy atom. The average molecular weight is 506 g/mol. The number of fused-ring (bicyclic) bond motifs is 1. The molecule has 4 aliphatic rings. The van der Waals surface area contributed by atoms with Gasteiger partial charge >= 0.3 is 0 Å². The molecule has 0 radical (unpaired) electrons. The second kappa shape index (κ2) is 10.4. The highest BCUT2D eigenvalue weighted by molar-refractivity contribution is 5.39. The molecule has 4 fully saturated rings. The summed E-state index contributed by atoms with van der Waals surface area (Å²) in [4.78, 5) is 3.54. The van der Waals surface area contributed by atoms with Crippen LogP contribution in [0.5, 0.6) is 0 Å². The predicted octanol–water partition coefficient (Wildman–Crippen LogP) is 6.30. The van der Waals surface area contributed by atoms with Crippen LogP contribution in [0.1, 0.15) is 89.9 Å². The van der Waals surface area contributed by atoms with Gasteiger partial charge in [0, 0.05) is 23.2 Å². The zero-order valence-electron chi connectivity index (χ0n) is 23.0. The van der Waals surface area contributed by atoms with Crippen LogP contribution >= 0.6 is 0 Å². The number of aryl methyl sites for hydroxylation is 1. The van der Waals surface area contributed by atoms with Gasteiger partial charge in [-0.25, -0.2) is 0 Å². The molecule has 0 spiro atoms. The van der Waals surface area contributed by atoms with E-state index in [1.807, 2.05) is 0 Å². The Morgan fingerprint density at radius 2 is 1.92 bits per heavy atom. The molecule has 0 aromatic carbocycles. The van der Waals surface area contributed by atoms with Gasteiger partial charge in [0.1, 0.15) is 0 Å². The first-order chi connectivity index (χ1) is 17.7. The third kappa shape index (κ3) is 4.97. The van der Waals surface area contributed by atoms with Gasteiger partial charge in [-0.3, -0.25) is 0 Å². The fourth-order valence-electron chi connectivity index (χ4n) is 8.00. The van der Waals surface area contributed by atoms with Gasteiger partial charge in [0.25, 0.3) is 0 Å². The van der Waals surface area contributed by atoms with Crippen molar-refractivity contribution in [3.8, 4) is 0 Å². The number of aromatic amines is 1. The third-order valence-electron chi connectivity index (χ3n) is 10.6. The molecule has 4 heteroatoms. The van der Waals surface area contributed by atoms with E-state index >= 15 is 0 Å². The van der Waals surface area contributed by atoms with E-state index in [9.17, 15) is 15.3 Å². The van der Waals surface area contributed by atoms with Gasteiger partial charge in [0.2, 0.25) is 0 Å². The summed E-state index contributed by atoms with van der Waals surface area (Å²) in [5.41, 5.74) is 5.87. The molecule has 0 unspecified atom stereocenters. The van der Waals surface area contributed by atoms with E-state index < -0.39 is 18.3 Å². The van der Waals surface area contributed by atoms with Crippen molar-refractivity contribution in [1.29, 1.82) is 0 Å². The molecule has 4 nitrogen and oxygen atoms in total. The van der Waals surface area contributed by atoms with Crippen LogP contribution in [-0.2, 0) is 11.8 Å². The monoisotopic (exact) mass is 505 g/mol. The molecular formula is C33H47NO3. The molecule has 5 rings (SSSR count). The molecule has 0 aliphatic heterocycles. The zero-order valence-corrected chi connectivity index (χ0v) is 23.0. The quantitative estimate of drug-likeness (QED) is 0.328. The van der Waals surface area contributed by atoms with Gasteiger partial charge in [-0.2, -0.15) is 0 Å². The number of allylic oxidation sites excluding steroid dienone is 4. The Bertz CT molecular complexity index is 1090. The number of aliphatic hydroxyl groups excluding tert-OH is 3. The fraction of sp³-hybridized carbons (Fsp3) is 0.636. The number of hydrogen-bond donors (Lipinski definition) is 4. The van der Waals surface area contributed by atoms with Gasteiger partial charge in [0.05, 0.1) is 18.3 Å². The van der Waals surface area contributed by atoms with Crippen LogP contribution < -0.4 is 0 Å². The third-order valence-corrected chi connectivity index (χ3v) is 10.6. The molecule has 0 saturated heterocycles. The highest BCUT2D eigenvalue weighted by atomic mass is 16.3. The van der Waals surface area contributed by atoms with E-state index in [1.165, 1.54) is 42.6 Å². The SMILES string of the molecule is C=C1/C(=C\C=C2/CCC[C@]3(C)[C@@H]([C@H](C)/C=C/[C@@H](O)C4(c5ccc(CC)[nH]5)CC4)CC[C@@H]23)C[C@@H](O)C[C@@H]1O. The van der Waals surface area contributed by atoms with E-state index in [2.05, 4.69) is 68.8 Å². The van der Waals surface area contributed by atoms with Crippen molar-refractivity contribution in [2.45, 2.75) is 109 Å². The lowest BCUT2D eigenvalue weighted by atomic mass is 9.61. The normalized spacial score (nSPS) is 37.3. The average Bonchev–Trinajstić information content (AvgIpc) is 3.39. The topological polar surface area (TPSA) is 76.5 Å². The van der Waals surface area contributed by atoms with E-state index in [-0.39, 0.29) is 10.8 Å². The largest absolute Gasteiger partial charge is 0.393 e. The molecule has 4 aliphatic carbocycles. The summed E-state index contributed by atoms with van der Waals surface area (Å²) in [6, 6.07) is 4.33. The molecule has 0 bridgehead atoms. The maximum Gasteiger partial charge on any atom is 0.0831 e. The molecule has 1 aromatic heterocycles. The number of rotatable bonds is 7. The maximum absolute atomic E-state index is 11.2. The molecular weight excluding hydrogens is 458 g/mol. The molecule has 4 saturated carbocycles. The molecule has 0 amide bonds. The first-order valence-corrected chi connectivity index (χ1v) is 14.7. The van der Waals surface area contributed by atoms with Crippen molar-refractivity contribution in [3.05, 3.63) is 71.1 Å². The standard InChI is InChI=1S/C33H47NO3/c1-5-25-11-14-30(34-25)33(17-18-33)31(37)15-8-21(2)27-12-13-28-23(7-6-16-32(27,28)4)9-10-24-19-26(35)20-29(36)22(24)3/h8-11,14-15,21,26-29,31,34-37H,3,5-7,12-13,16-20H2,1-2,4H3/b15-8+,23-9+,24-10-/t21-,26-,27-,28+,29+,31-,32-/m1/s1. The van der Waals surface area contributed by atoms with Crippen LogP contribution in [0.4, 0.5) is 0 Å². The van der Waals surface area contributed by atoms with E-state index in [4.69, 9.17) is 0 Å². The van der Waals surface area contributed by atoms with Gasteiger partial charge in [-0.15, -0.1) is 0 Å². The Morgan fingerprint density at radius 1 is 1.14 bits per heavy atom. The van der Waals surface area contributed by atoms with Crippen LogP contribution in [0.3, 0.4) is 0 Å².